The van der Waals surface area contributed by atoms with Gasteiger partial charge < -0.3 is 42.6 Å². The molecular formula is C97H128O15. The number of hydrogen-bond acceptors (Lipinski definition) is 15. The molecule has 0 amide bonds. The number of fused-ring (bicyclic) bond motifs is 14. The quantitative estimate of drug-likeness (QED) is 0.0516. The summed E-state index contributed by atoms with van der Waals surface area (Å²) in [6.07, 6.45) is 26.1. The van der Waals surface area contributed by atoms with Crippen LogP contribution in [-0.4, -0.2) is 106 Å². The third-order valence-corrected chi connectivity index (χ3v) is 30.8. The Bertz CT molecular complexity index is 4260. The van der Waals surface area contributed by atoms with Gasteiger partial charge in [-0.3, -0.25) is 14.4 Å². The third-order valence-electron chi connectivity index (χ3n) is 30.8. The number of hydrogen-bond donors (Lipinski definition) is 0. The van der Waals surface area contributed by atoms with Crippen molar-refractivity contribution in [3.8, 4) is 0 Å². The Morgan fingerprint density at radius 2 is 0.786 bits per heavy atom. The van der Waals surface area contributed by atoms with Gasteiger partial charge in [0, 0.05) is 62.4 Å². The average Bonchev–Trinajstić information content (AvgIpc) is 1.54. The van der Waals surface area contributed by atoms with Crippen molar-refractivity contribution in [1.29, 1.82) is 0 Å². The first-order valence-corrected chi connectivity index (χ1v) is 43.4. The molecular weight excluding hydrogens is 1410 g/mol. The molecule has 0 N–H and O–H groups in total. The Kier molecular flexibility index (Phi) is 24.0. The number of rotatable bonds is 16. The minimum atomic E-state index is -0.617. The van der Waals surface area contributed by atoms with Gasteiger partial charge in [-0.1, -0.05) is 198 Å². The number of aryl methyl sites for hydroxylation is 1. The number of benzene rings is 5. The fourth-order valence-electron chi connectivity index (χ4n) is 25.1. The molecule has 112 heavy (non-hydrogen) atoms. The summed E-state index contributed by atoms with van der Waals surface area (Å²) in [6.45, 7) is 22.9. The summed E-state index contributed by atoms with van der Waals surface area (Å²) in [5.41, 5.74) is 0.642. The van der Waals surface area contributed by atoms with Crippen molar-refractivity contribution < 1.29 is 71.4 Å². The minimum absolute atomic E-state index is 0. The molecule has 6 aliphatic heterocycles. The molecule has 17 rings (SSSR count). The lowest BCUT2D eigenvalue weighted by atomic mass is 9.66. The van der Waals surface area contributed by atoms with Crippen LogP contribution < -0.4 is 0 Å². The predicted octanol–water partition coefficient (Wildman–Crippen LogP) is 21.2. The standard InChI is InChI=1S/C33H42O5.C32H40O5.C31H42O5.CH4/c1-5-28(34)36-27-19-33(23-12-7-6-8-13-23)30(29-20(2)15-18-26(29)32(27,4)38-33)37-31(35)25-17-16-22-11-9-10-14-24(22)21(25)3;1-4-27(33)35-26-19-32(24-12-6-5-7-13-24)29(28-20(2)14-17-25(28)31(26,3)37-32)36-30(34)23-16-15-21-10-8-9-11-22(21)18-23;1-5-26(32)34-25-19-31(23-14-10-7-11-15-23)29(28-20(2)16-17-24(28)30(25,4)36-31)35-27(33)18-21(3)22-12-8-6-9-13-22;/h9-11,14,16-17,20,23,26-27,29-30H,5-8,12-13,15,18-19H2,1-4H3;8-11,15-16,18,20,24-26,28-29H,4-7,12-14,17,19H2,1-3H3;6,8-9,12-13,18,20,23-25,28-29H,5,7,10-11,14-17,19H2,1-4H3;1H4/b;;21-18+;/t20?,26-,27-,29?,30+,32+,33-;20?,25-,26-,28?,29+,31+,32-;20?,24-,25-,28?,29+,30+,31-;/m111./s1. The maximum absolute atomic E-state index is 14.0. The van der Waals surface area contributed by atoms with Crippen LogP contribution in [0.3, 0.4) is 0 Å². The van der Waals surface area contributed by atoms with Crippen molar-refractivity contribution >= 4 is 62.9 Å². The monoisotopic (exact) mass is 1530 g/mol. The first kappa shape index (κ1) is 81.6. The zero-order valence-corrected chi connectivity index (χ0v) is 68.1. The molecule has 12 fully saturated rings. The lowest BCUT2D eigenvalue weighted by molar-refractivity contribution is -0.270. The van der Waals surface area contributed by atoms with Gasteiger partial charge in [-0.15, -0.1) is 0 Å². The van der Waals surface area contributed by atoms with Crippen LogP contribution in [0.25, 0.3) is 27.1 Å². The molecule has 5 aromatic carbocycles. The molecule has 6 unspecified atom stereocenters. The lowest BCUT2D eigenvalue weighted by Crippen LogP contribution is -2.63. The molecule has 6 aliphatic carbocycles. The summed E-state index contributed by atoms with van der Waals surface area (Å²) >= 11 is 0. The van der Waals surface area contributed by atoms with Crippen LogP contribution in [0.1, 0.15) is 282 Å². The highest BCUT2D eigenvalue weighted by atomic mass is 16.6. The van der Waals surface area contributed by atoms with Crippen LogP contribution in [0.5, 0.6) is 0 Å². The normalized spacial score (nSPS) is 37.1. The highest BCUT2D eigenvalue weighted by Crippen LogP contribution is 2.68. The van der Waals surface area contributed by atoms with E-state index in [-0.39, 0.29) is 115 Å². The number of carbonyl (C=O) groups excluding carboxylic acids is 6. The lowest BCUT2D eigenvalue weighted by Gasteiger charge is -2.54. The minimum Gasteiger partial charge on any atom is -0.459 e. The van der Waals surface area contributed by atoms with Crippen molar-refractivity contribution in [2.45, 2.75) is 327 Å². The topological polar surface area (TPSA) is 185 Å². The van der Waals surface area contributed by atoms with Crippen molar-refractivity contribution in [2.75, 3.05) is 0 Å². The number of allylic oxidation sites excluding steroid dienone is 1. The van der Waals surface area contributed by atoms with Crippen molar-refractivity contribution in [1.82, 2.24) is 0 Å². The zero-order chi connectivity index (χ0) is 77.9. The fraction of sp³-hybridized carbons (Fsp3) is 0.649. The van der Waals surface area contributed by atoms with Gasteiger partial charge in [-0.05, 0) is 221 Å². The molecule has 0 aromatic heterocycles. The van der Waals surface area contributed by atoms with Gasteiger partial charge in [0.15, 0.2) is 0 Å². The van der Waals surface area contributed by atoms with E-state index in [1.165, 1.54) is 57.8 Å². The number of esters is 6. The van der Waals surface area contributed by atoms with Crippen LogP contribution >= 0.6 is 0 Å². The van der Waals surface area contributed by atoms with Gasteiger partial charge in [0.05, 0.1) is 11.1 Å². The molecule has 6 saturated carbocycles. The second-order valence-corrected chi connectivity index (χ2v) is 36.8. The molecule has 0 spiro atoms. The van der Waals surface area contributed by atoms with Crippen molar-refractivity contribution in [2.24, 2.45) is 71.0 Å². The molecule has 15 heteroatoms. The Labute approximate surface area is 666 Å². The van der Waals surface area contributed by atoms with Crippen LogP contribution in [0, 0.1) is 77.9 Å². The summed E-state index contributed by atoms with van der Waals surface area (Å²) in [4.78, 5) is 78.8. The summed E-state index contributed by atoms with van der Waals surface area (Å²) in [5, 5.41) is 4.34. The van der Waals surface area contributed by atoms with Gasteiger partial charge >= 0.3 is 35.8 Å². The summed E-state index contributed by atoms with van der Waals surface area (Å²) in [7, 11) is 0. The first-order valence-electron chi connectivity index (χ1n) is 43.4. The largest absolute Gasteiger partial charge is 0.459 e. The summed E-state index contributed by atoms with van der Waals surface area (Å²) < 4.78 is 59.8. The maximum Gasteiger partial charge on any atom is 0.338 e. The molecule has 6 saturated heterocycles. The molecule has 15 nitrogen and oxygen atoms in total. The van der Waals surface area contributed by atoms with E-state index in [1.54, 1.807) is 6.08 Å². The Balaban J connectivity index is 0.000000139. The highest BCUT2D eigenvalue weighted by molar-refractivity contribution is 5.99. The van der Waals surface area contributed by atoms with E-state index in [0.29, 0.717) is 85.2 Å². The smallest absolute Gasteiger partial charge is 0.338 e. The van der Waals surface area contributed by atoms with E-state index in [1.807, 2.05) is 126 Å². The molecule has 12 aliphatic rings. The number of carbonyl (C=O) groups is 6. The van der Waals surface area contributed by atoms with Crippen LogP contribution in [0.15, 0.2) is 115 Å². The van der Waals surface area contributed by atoms with Crippen LogP contribution in [-0.2, 0) is 61.8 Å². The molecule has 21 atom stereocenters. The predicted molar refractivity (Wildman–Crippen MR) is 435 cm³/mol. The van der Waals surface area contributed by atoms with E-state index in [2.05, 4.69) is 59.7 Å². The van der Waals surface area contributed by atoms with E-state index in [0.717, 1.165) is 115 Å². The zero-order valence-electron chi connectivity index (χ0n) is 68.1. The Hall–Kier alpha value is -6.94. The maximum atomic E-state index is 14.0. The SMILES string of the molecule is C.CCC(=O)O[C@@H]1C[C@]2(C3CCCCC3)O[C@@]1(C)[C@@H]1CCC(C)C1[C@@H]2OC(=O)/C=C(\C)c1ccccc1.CCC(=O)O[C@@H]1C[C@]2(C3CCCCC3)O[C@@]1(C)[C@@H]1CCC(C)C1[C@@H]2OC(=O)c1ccc2ccccc2c1.CCC(=O)O[C@@H]1C[C@]2(C3CCCCC3)O[C@@]1(C)[C@@H]1CCC(C)C1[C@@H]2OC(=O)c1ccc2ccccc2c1C. The second-order valence-electron chi connectivity index (χ2n) is 36.8. The molecule has 606 valence electrons. The second kappa shape index (κ2) is 33.0. The third kappa shape index (κ3) is 14.6. The fourth-order valence-corrected chi connectivity index (χ4v) is 25.1. The first-order chi connectivity index (χ1) is 53.4. The summed E-state index contributed by atoms with van der Waals surface area (Å²) in [5.74, 6) is 2.05. The van der Waals surface area contributed by atoms with Gasteiger partial charge in [-0.25, -0.2) is 14.4 Å². The molecule has 0 radical (unpaired) electrons. The van der Waals surface area contributed by atoms with E-state index >= 15 is 0 Å². The van der Waals surface area contributed by atoms with E-state index in [9.17, 15) is 28.8 Å². The van der Waals surface area contributed by atoms with Crippen molar-refractivity contribution in [3.05, 3.63) is 138 Å². The summed E-state index contributed by atoms with van der Waals surface area (Å²) in [6, 6.07) is 36.0. The van der Waals surface area contributed by atoms with E-state index in [4.69, 9.17) is 42.6 Å². The van der Waals surface area contributed by atoms with Crippen LogP contribution in [0.2, 0.25) is 0 Å². The highest BCUT2D eigenvalue weighted by Gasteiger charge is 2.76. The van der Waals surface area contributed by atoms with Gasteiger partial charge in [0.1, 0.15) is 70.2 Å². The molecule has 5 aromatic rings. The van der Waals surface area contributed by atoms with Gasteiger partial charge in [0.2, 0.25) is 0 Å². The van der Waals surface area contributed by atoms with Crippen molar-refractivity contribution in [3.63, 3.8) is 0 Å². The van der Waals surface area contributed by atoms with Gasteiger partial charge in [0.25, 0.3) is 0 Å². The van der Waals surface area contributed by atoms with Gasteiger partial charge in [-0.2, -0.15) is 0 Å². The molecule has 6 bridgehead atoms. The van der Waals surface area contributed by atoms with Crippen LogP contribution in [0.4, 0.5) is 0 Å². The Morgan fingerprint density at radius 3 is 1.21 bits per heavy atom. The van der Waals surface area contributed by atoms with E-state index < -0.39 is 33.6 Å². The number of ether oxygens (including phenoxy) is 9. The molecule has 6 heterocycles. The Morgan fingerprint density at radius 1 is 0.411 bits per heavy atom. The average molecular weight is 1530 g/mol.